The maximum Gasteiger partial charge on any atom is 0.311 e. The zero-order valence-corrected chi connectivity index (χ0v) is 21.9. The van der Waals surface area contributed by atoms with Crippen LogP contribution in [0.4, 0.5) is 5.69 Å². The summed E-state index contributed by atoms with van der Waals surface area (Å²) in [4.78, 5) is 50.7. The summed E-state index contributed by atoms with van der Waals surface area (Å²) in [5, 5.41) is 2.53. The minimum Gasteiger partial charge on any atom is -0.457 e. The first kappa shape index (κ1) is 26.7. The van der Waals surface area contributed by atoms with E-state index in [1.807, 2.05) is 42.5 Å². The van der Waals surface area contributed by atoms with E-state index in [2.05, 4.69) is 10.9 Å². The minimum atomic E-state index is -0.726. The highest BCUT2D eigenvalue weighted by Crippen LogP contribution is 2.32. The van der Waals surface area contributed by atoms with E-state index >= 15 is 0 Å². The zero-order valence-electron chi connectivity index (χ0n) is 21.1. The maximum atomic E-state index is 12.6. The Balaban J connectivity index is 1.11. The number of hydrogen-bond acceptors (Lipinski definition) is 6. The number of hydrazine groups is 1. The second-order valence-corrected chi connectivity index (χ2v) is 9.53. The SMILES string of the molecule is O=C(COC(=O)[C@@H]1CC(=O)N(c2ccc(Oc3cccc4ccccc34)cc2)C1)NNC(=O)c1ccc(Cl)cc1. The Bertz CT molecular complexity index is 1570. The van der Waals surface area contributed by atoms with Gasteiger partial charge in [0.15, 0.2) is 6.61 Å². The average molecular weight is 558 g/mol. The second-order valence-electron chi connectivity index (χ2n) is 9.10. The fourth-order valence-corrected chi connectivity index (χ4v) is 4.44. The molecule has 1 fully saturated rings. The summed E-state index contributed by atoms with van der Waals surface area (Å²) in [5.74, 6) is -1.58. The van der Waals surface area contributed by atoms with Crippen LogP contribution in [-0.2, 0) is 19.1 Å². The largest absolute Gasteiger partial charge is 0.457 e. The third kappa shape index (κ3) is 6.22. The van der Waals surface area contributed by atoms with Crippen molar-refractivity contribution < 1.29 is 28.7 Å². The van der Waals surface area contributed by atoms with E-state index in [1.165, 1.54) is 17.0 Å². The molecule has 1 atom stereocenters. The molecule has 5 rings (SSSR count). The molecule has 202 valence electrons. The van der Waals surface area contributed by atoms with Gasteiger partial charge in [-0.3, -0.25) is 30.0 Å². The molecule has 0 unspecified atom stereocenters. The normalized spacial score (nSPS) is 14.6. The Morgan fingerprint density at radius 3 is 2.38 bits per heavy atom. The van der Waals surface area contributed by atoms with Gasteiger partial charge in [-0.05, 0) is 60.0 Å². The van der Waals surface area contributed by atoms with Gasteiger partial charge in [0, 0.05) is 34.6 Å². The molecule has 0 aliphatic carbocycles. The molecule has 4 aromatic rings. The molecule has 1 heterocycles. The summed E-state index contributed by atoms with van der Waals surface area (Å²) in [6.45, 7) is -0.485. The quantitative estimate of drug-likeness (QED) is 0.253. The molecular weight excluding hydrogens is 534 g/mol. The third-order valence-electron chi connectivity index (χ3n) is 6.35. The van der Waals surface area contributed by atoms with Crippen molar-refractivity contribution >= 4 is 51.8 Å². The van der Waals surface area contributed by atoms with Crippen LogP contribution in [0.15, 0.2) is 91.0 Å². The van der Waals surface area contributed by atoms with Gasteiger partial charge in [0.2, 0.25) is 5.91 Å². The van der Waals surface area contributed by atoms with Gasteiger partial charge in [0.1, 0.15) is 11.5 Å². The van der Waals surface area contributed by atoms with Crippen LogP contribution in [0.3, 0.4) is 0 Å². The number of nitrogens with zero attached hydrogens (tertiary/aromatic N) is 1. The molecule has 2 N–H and O–H groups in total. The molecule has 1 aliphatic rings. The molecule has 40 heavy (non-hydrogen) atoms. The topological polar surface area (TPSA) is 114 Å². The van der Waals surface area contributed by atoms with Crippen LogP contribution in [0.1, 0.15) is 16.8 Å². The van der Waals surface area contributed by atoms with E-state index in [0.717, 1.165) is 16.5 Å². The standard InChI is InChI=1S/C30H24ClN3O6/c31-22-10-8-20(9-11-22)29(37)33-32-27(35)18-39-30(38)21-16-28(36)34(17-21)23-12-14-24(15-13-23)40-26-7-3-5-19-4-1-2-6-25(19)26/h1-15,21H,16-18H2,(H,32,35)(H,33,37)/t21-/m1/s1. The fourth-order valence-electron chi connectivity index (χ4n) is 4.31. The number of hydrogen-bond donors (Lipinski definition) is 2. The van der Waals surface area contributed by atoms with Crippen LogP contribution < -0.4 is 20.5 Å². The third-order valence-corrected chi connectivity index (χ3v) is 6.60. The van der Waals surface area contributed by atoms with Gasteiger partial charge in [0.25, 0.3) is 11.8 Å². The number of esters is 1. The first-order valence-electron chi connectivity index (χ1n) is 12.4. The highest BCUT2D eigenvalue weighted by molar-refractivity contribution is 6.30. The number of amides is 3. The molecule has 0 radical (unpaired) electrons. The van der Waals surface area contributed by atoms with E-state index in [0.29, 0.717) is 22.0 Å². The molecule has 10 heteroatoms. The number of carbonyl (C=O) groups is 4. The minimum absolute atomic E-state index is 0.0397. The van der Waals surface area contributed by atoms with E-state index in [-0.39, 0.29) is 18.9 Å². The lowest BCUT2D eigenvalue weighted by molar-refractivity contribution is -0.152. The summed E-state index contributed by atoms with van der Waals surface area (Å²) in [7, 11) is 0. The van der Waals surface area contributed by atoms with Crippen LogP contribution in [-0.4, -0.2) is 36.8 Å². The van der Waals surface area contributed by atoms with Gasteiger partial charge in [-0.15, -0.1) is 0 Å². The van der Waals surface area contributed by atoms with Crippen LogP contribution in [0, 0.1) is 5.92 Å². The predicted molar refractivity (Wildman–Crippen MR) is 149 cm³/mol. The van der Waals surface area contributed by atoms with Gasteiger partial charge in [0.05, 0.1) is 5.92 Å². The van der Waals surface area contributed by atoms with Gasteiger partial charge in [-0.1, -0.05) is 48.0 Å². The number of carbonyl (C=O) groups excluding carboxylic acids is 4. The highest BCUT2D eigenvalue weighted by Gasteiger charge is 2.36. The summed E-state index contributed by atoms with van der Waals surface area (Å²) in [5.41, 5.74) is 5.32. The van der Waals surface area contributed by atoms with Gasteiger partial charge in [-0.25, -0.2) is 0 Å². The molecule has 0 aromatic heterocycles. The molecule has 0 bridgehead atoms. The second kappa shape index (κ2) is 11.9. The number of halogens is 1. The number of rotatable bonds is 7. The van der Waals surface area contributed by atoms with Crippen LogP contribution in [0.5, 0.6) is 11.5 Å². The average Bonchev–Trinajstić information content (AvgIpc) is 3.37. The van der Waals surface area contributed by atoms with Crippen molar-refractivity contribution in [2.24, 2.45) is 5.92 Å². The van der Waals surface area contributed by atoms with Gasteiger partial charge >= 0.3 is 5.97 Å². The van der Waals surface area contributed by atoms with Gasteiger partial charge in [-0.2, -0.15) is 0 Å². The number of benzene rings is 4. The highest BCUT2D eigenvalue weighted by atomic mass is 35.5. The van der Waals surface area contributed by atoms with E-state index in [9.17, 15) is 19.2 Å². The number of anilines is 1. The van der Waals surface area contributed by atoms with Crippen molar-refractivity contribution in [1.29, 1.82) is 0 Å². The Morgan fingerprint density at radius 2 is 1.60 bits per heavy atom. The Morgan fingerprint density at radius 1 is 0.875 bits per heavy atom. The first-order valence-corrected chi connectivity index (χ1v) is 12.8. The number of nitrogens with one attached hydrogen (secondary N) is 2. The molecule has 0 saturated carbocycles. The lowest BCUT2D eigenvalue weighted by Crippen LogP contribution is -2.43. The van der Waals surface area contributed by atoms with E-state index in [4.69, 9.17) is 21.1 Å². The lowest BCUT2D eigenvalue weighted by atomic mass is 10.1. The smallest absolute Gasteiger partial charge is 0.311 e. The first-order chi connectivity index (χ1) is 19.4. The molecule has 0 spiro atoms. The van der Waals surface area contributed by atoms with E-state index in [1.54, 1.807) is 36.4 Å². The van der Waals surface area contributed by atoms with E-state index < -0.39 is 30.3 Å². The fraction of sp³-hybridized carbons (Fsp3) is 0.133. The molecule has 4 aromatic carbocycles. The molecular formula is C30H24ClN3O6. The summed E-state index contributed by atoms with van der Waals surface area (Å²) in [6, 6.07) is 26.9. The lowest BCUT2D eigenvalue weighted by Gasteiger charge is -2.17. The van der Waals surface area contributed by atoms with Crippen molar-refractivity contribution in [2.45, 2.75) is 6.42 Å². The predicted octanol–water partition coefficient (Wildman–Crippen LogP) is 4.64. The van der Waals surface area contributed by atoms with Gasteiger partial charge < -0.3 is 14.4 Å². The van der Waals surface area contributed by atoms with Crippen LogP contribution in [0.25, 0.3) is 10.8 Å². The van der Waals surface area contributed by atoms with Crippen molar-refractivity contribution in [2.75, 3.05) is 18.1 Å². The Kier molecular flexibility index (Phi) is 7.93. The number of ether oxygens (including phenoxy) is 2. The Labute approximate surface area is 234 Å². The van der Waals surface area contributed by atoms with Crippen molar-refractivity contribution in [3.8, 4) is 11.5 Å². The zero-order chi connectivity index (χ0) is 28.1. The summed E-state index contributed by atoms with van der Waals surface area (Å²) < 4.78 is 11.1. The molecule has 1 saturated heterocycles. The molecule has 3 amide bonds. The number of fused-ring (bicyclic) bond motifs is 1. The van der Waals surface area contributed by atoms with Crippen molar-refractivity contribution in [3.63, 3.8) is 0 Å². The van der Waals surface area contributed by atoms with Crippen LogP contribution >= 0.6 is 11.6 Å². The monoisotopic (exact) mass is 557 g/mol. The van der Waals surface area contributed by atoms with Crippen molar-refractivity contribution in [3.05, 3.63) is 102 Å². The summed E-state index contributed by atoms with van der Waals surface area (Å²) in [6.07, 6.45) is -0.0397. The summed E-state index contributed by atoms with van der Waals surface area (Å²) >= 11 is 5.79. The Hall–Kier alpha value is -4.89. The van der Waals surface area contributed by atoms with Crippen LogP contribution in [0.2, 0.25) is 5.02 Å². The molecule has 1 aliphatic heterocycles. The van der Waals surface area contributed by atoms with Crippen molar-refractivity contribution in [1.82, 2.24) is 10.9 Å². The maximum absolute atomic E-state index is 12.6. The molecule has 9 nitrogen and oxygen atoms in total.